The molecule has 0 aromatic heterocycles. The smallest absolute Gasteiger partial charge is 0.121 e. The van der Waals surface area contributed by atoms with Gasteiger partial charge in [-0.15, -0.1) is 6.42 Å². The highest BCUT2D eigenvalue weighted by atomic mass is 16.6. The molecule has 0 spiro atoms. The van der Waals surface area contributed by atoms with Crippen molar-refractivity contribution in [3.8, 4) is 12.3 Å². The highest BCUT2D eigenvalue weighted by molar-refractivity contribution is 5.09. The SMILES string of the molecule is C#CC1C[C@]2(CO)O[C@@H](CCO)CC[C@@H]2O1. The maximum absolute atomic E-state index is 9.52. The zero-order chi connectivity index (χ0) is 11.6. The van der Waals surface area contributed by atoms with Crippen LogP contribution in [0.4, 0.5) is 0 Å². The number of aliphatic hydroxyl groups excluding tert-OH is 2. The molecule has 2 heterocycles. The van der Waals surface area contributed by atoms with Crippen LogP contribution < -0.4 is 0 Å². The van der Waals surface area contributed by atoms with E-state index >= 15 is 0 Å². The number of hydrogen-bond acceptors (Lipinski definition) is 4. The molecule has 0 aliphatic carbocycles. The molecule has 4 atom stereocenters. The van der Waals surface area contributed by atoms with Crippen LogP contribution in [0.2, 0.25) is 0 Å². The molecule has 0 radical (unpaired) electrons. The van der Waals surface area contributed by atoms with Crippen LogP contribution in [0.25, 0.3) is 0 Å². The van der Waals surface area contributed by atoms with Crippen molar-refractivity contribution < 1.29 is 19.7 Å². The summed E-state index contributed by atoms with van der Waals surface area (Å²) in [6.45, 7) is 0.0358. The second-order valence-electron chi connectivity index (χ2n) is 4.54. The molecule has 2 N–H and O–H groups in total. The highest BCUT2D eigenvalue weighted by Gasteiger charge is 2.52. The summed E-state index contributed by atoms with van der Waals surface area (Å²) in [5.74, 6) is 2.56. The Bertz CT molecular complexity index is 285. The fourth-order valence-electron chi connectivity index (χ4n) is 2.65. The lowest BCUT2D eigenvalue weighted by molar-refractivity contribution is -0.184. The first kappa shape index (κ1) is 11.9. The molecule has 16 heavy (non-hydrogen) atoms. The van der Waals surface area contributed by atoms with Crippen molar-refractivity contribution in [1.82, 2.24) is 0 Å². The minimum absolute atomic E-state index is 0.00789. The van der Waals surface area contributed by atoms with Crippen LogP contribution in [0.15, 0.2) is 0 Å². The van der Waals surface area contributed by atoms with E-state index in [2.05, 4.69) is 5.92 Å². The van der Waals surface area contributed by atoms with Gasteiger partial charge in [0.2, 0.25) is 0 Å². The summed E-state index contributed by atoms with van der Waals surface area (Å²) in [5.41, 5.74) is -0.644. The summed E-state index contributed by atoms with van der Waals surface area (Å²) in [7, 11) is 0. The number of terminal acetylenes is 1. The molecular weight excluding hydrogens is 208 g/mol. The predicted octanol–water partition coefficient (Wildman–Crippen LogP) is 0.0696. The van der Waals surface area contributed by atoms with Crippen molar-refractivity contribution in [1.29, 1.82) is 0 Å². The van der Waals surface area contributed by atoms with Crippen molar-refractivity contribution in [2.75, 3.05) is 13.2 Å². The zero-order valence-corrected chi connectivity index (χ0v) is 9.26. The van der Waals surface area contributed by atoms with E-state index in [1.807, 2.05) is 0 Å². The number of aliphatic hydroxyl groups is 2. The van der Waals surface area contributed by atoms with E-state index in [1.165, 1.54) is 0 Å². The lowest BCUT2D eigenvalue weighted by Crippen LogP contribution is -2.51. The molecule has 4 heteroatoms. The van der Waals surface area contributed by atoms with Gasteiger partial charge >= 0.3 is 0 Å². The monoisotopic (exact) mass is 226 g/mol. The van der Waals surface area contributed by atoms with Gasteiger partial charge in [0.05, 0.1) is 18.8 Å². The Morgan fingerprint density at radius 3 is 2.81 bits per heavy atom. The summed E-state index contributed by atoms with van der Waals surface area (Å²) >= 11 is 0. The van der Waals surface area contributed by atoms with Crippen molar-refractivity contribution in [2.24, 2.45) is 0 Å². The summed E-state index contributed by atoms with van der Waals surface area (Å²) in [6.07, 6.45) is 7.83. The standard InChI is InChI=1S/C12H18O4/c1-2-9-7-12(8-14)11(15-9)4-3-10(16-12)5-6-13/h1,9-11,13-14H,3-8H2/t9?,10-,11+,12-/m1/s1. The van der Waals surface area contributed by atoms with Gasteiger partial charge in [0.1, 0.15) is 11.7 Å². The third-order valence-electron chi connectivity index (χ3n) is 3.50. The van der Waals surface area contributed by atoms with Crippen LogP contribution in [0, 0.1) is 12.3 Å². The topological polar surface area (TPSA) is 58.9 Å². The average molecular weight is 226 g/mol. The van der Waals surface area contributed by atoms with Gasteiger partial charge in [0.15, 0.2) is 0 Å². The second kappa shape index (κ2) is 4.72. The quantitative estimate of drug-likeness (QED) is 0.669. The predicted molar refractivity (Wildman–Crippen MR) is 57.7 cm³/mol. The minimum atomic E-state index is -0.644. The van der Waals surface area contributed by atoms with Gasteiger partial charge in [-0.2, -0.15) is 0 Å². The molecule has 90 valence electrons. The minimum Gasteiger partial charge on any atom is -0.396 e. The third kappa shape index (κ3) is 1.96. The molecule has 0 bridgehead atoms. The number of fused-ring (bicyclic) bond motifs is 1. The van der Waals surface area contributed by atoms with E-state index in [0.717, 1.165) is 12.8 Å². The molecular formula is C12H18O4. The van der Waals surface area contributed by atoms with Crippen molar-refractivity contribution in [3.05, 3.63) is 0 Å². The van der Waals surface area contributed by atoms with Crippen LogP contribution in [-0.4, -0.2) is 47.3 Å². The largest absolute Gasteiger partial charge is 0.396 e. The highest BCUT2D eigenvalue weighted by Crippen LogP contribution is 2.41. The number of ether oxygens (including phenoxy) is 2. The first-order valence-corrected chi connectivity index (χ1v) is 5.75. The van der Waals surface area contributed by atoms with Gasteiger partial charge in [-0.25, -0.2) is 0 Å². The molecule has 0 aromatic rings. The lowest BCUT2D eigenvalue weighted by Gasteiger charge is -2.40. The molecule has 0 aromatic carbocycles. The molecule has 2 aliphatic heterocycles. The molecule has 2 saturated heterocycles. The van der Waals surface area contributed by atoms with Gasteiger partial charge in [0, 0.05) is 13.0 Å². The maximum Gasteiger partial charge on any atom is 0.121 e. The van der Waals surface area contributed by atoms with Crippen LogP contribution in [-0.2, 0) is 9.47 Å². The molecule has 2 fully saturated rings. The van der Waals surface area contributed by atoms with E-state index in [4.69, 9.17) is 21.0 Å². The van der Waals surface area contributed by atoms with E-state index in [1.54, 1.807) is 0 Å². The van der Waals surface area contributed by atoms with E-state index in [9.17, 15) is 5.11 Å². The second-order valence-corrected chi connectivity index (χ2v) is 4.54. The summed E-state index contributed by atoms with van der Waals surface area (Å²) in [6, 6.07) is 0. The van der Waals surface area contributed by atoms with E-state index < -0.39 is 5.60 Å². The molecule has 0 saturated carbocycles. The Kier molecular flexibility index (Phi) is 3.50. The number of rotatable bonds is 3. The summed E-state index contributed by atoms with van der Waals surface area (Å²) < 4.78 is 11.5. The fraction of sp³-hybridized carbons (Fsp3) is 0.833. The zero-order valence-electron chi connectivity index (χ0n) is 9.26. The van der Waals surface area contributed by atoms with Crippen LogP contribution in [0.5, 0.6) is 0 Å². The van der Waals surface area contributed by atoms with Gasteiger partial charge in [-0.1, -0.05) is 5.92 Å². The Morgan fingerprint density at radius 2 is 2.19 bits per heavy atom. The molecule has 2 aliphatic rings. The Morgan fingerprint density at radius 1 is 1.38 bits per heavy atom. The van der Waals surface area contributed by atoms with Crippen molar-refractivity contribution in [3.63, 3.8) is 0 Å². The third-order valence-corrected chi connectivity index (χ3v) is 3.50. The van der Waals surface area contributed by atoms with Crippen molar-refractivity contribution >= 4 is 0 Å². The summed E-state index contributed by atoms with van der Waals surface area (Å²) in [4.78, 5) is 0. The first-order chi connectivity index (χ1) is 7.74. The first-order valence-electron chi connectivity index (χ1n) is 5.75. The average Bonchev–Trinajstić information content (AvgIpc) is 2.68. The maximum atomic E-state index is 9.52. The molecule has 2 rings (SSSR count). The van der Waals surface area contributed by atoms with Gasteiger partial charge < -0.3 is 19.7 Å². The van der Waals surface area contributed by atoms with E-state index in [-0.39, 0.29) is 31.5 Å². The number of hydrogen-bond donors (Lipinski definition) is 2. The van der Waals surface area contributed by atoms with Gasteiger partial charge in [0.25, 0.3) is 0 Å². The van der Waals surface area contributed by atoms with Crippen LogP contribution in [0.1, 0.15) is 25.7 Å². The molecule has 1 unspecified atom stereocenters. The van der Waals surface area contributed by atoms with E-state index in [0.29, 0.717) is 12.8 Å². The Labute approximate surface area is 95.6 Å². The van der Waals surface area contributed by atoms with Crippen LogP contribution >= 0.6 is 0 Å². The lowest BCUT2D eigenvalue weighted by atomic mass is 9.87. The van der Waals surface area contributed by atoms with Crippen LogP contribution in [0.3, 0.4) is 0 Å². The Hall–Kier alpha value is -0.600. The summed E-state index contributed by atoms with van der Waals surface area (Å²) in [5, 5.41) is 18.4. The van der Waals surface area contributed by atoms with Gasteiger partial charge in [-0.3, -0.25) is 0 Å². The van der Waals surface area contributed by atoms with Crippen molar-refractivity contribution in [2.45, 2.75) is 49.6 Å². The fourth-order valence-corrected chi connectivity index (χ4v) is 2.65. The molecule has 4 nitrogen and oxygen atoms in total. The molecule has 0 amide bonds. The Balaban J connectivity index is 2.08. The van der Waals surface area contributed by atoms with Gasteiger partial charge in [-0.05, 0) is 19.3 Å². The normalized spacial score (nSPS) is 42.7.